The molecule has 1 amide bonds. The summed E-state index contributed by atoms with van der Waals surface area (Å²) in [6, 6.07) is 14.0. The fourth-order valence-electron chi connectivity index (χ4n) is 2.50. The van der Waals surface area contributed by atoms with E-state index < -0.39 is 5.82 Å². The number of halogens is 1. The van der Waals surface area contributed by atoms with Gasteiger partial charge in [0.15, 0.2) is 0 Å². The minimum atomic E-state index is -0.409. The Hall–Kier alpha value is -2.53. The zero-order valence-electron chi connectivity index (χ0n) is 14.2. The molecule has 0 aliphatic rings. The standard InChI is InChI=1S/C20H19FN2OS/c1-13-6-8-15(9-7-13)20-23-14(2)18(25-20)10-11-22-19(24)16-4-3-5-17(21)12-16/h3-9,12H,10-11H2,1-2H3,(H,22,24). The quantitative estimate of drug-likeness (QED) is 0.731. The summed E-state index contributed by atoms with van der Waals surface area (Å²) in [6.45, 7) is 4.53. The molecule has 1 heterocycles. The van der Waals surface area contributed by atoms with Gasteiger partial charge in [0.2, 0.25) is 0 Å². The molecule has 0 unspecified atom stereocenters. The van der Waals surface area contributed by atoms with Crippen LogP contribution in [0.4, 0.5) is 4.39 Å². The van der Waals surface area contributed by atoms with Crippen molar-refractivity contribution in [2.24, 2.45) is 0 Å². The molecule has 0 spiro atoms. The van der Waals surface area contributed by atoms with Gasteiger partial charge in [-0.2, -0.15) is 0 Å². The highest BCUT2D eigenvalue weighted by Crippen LogP contribution is 2.28. The molecular weight excluding hydrogens is 335 g/mol. The van der Waals surface area contributed by atoms with Crippen molar-refractivity contribution in [3.8, 4) is 10.6 Å². The number of amides is 1. The maximum atomic E-state index is 13.2. The van der Waals surface area contributed by atoms with Gasteiger partial charge in [-0.1, -0.05) is 35.9 Å². The van der Waals surface area contributed by atoms with E-state index in [-0.39, 0.29) is 5.91 Å². The van der Waals surface area contributed by atoms with Crippen molar-refractivity contribution in [2.75, 3.05) is 6.54 Å². The van der Waals surface area contributed by atoms with Crippen LogP contribution in [0.25, 0.3) is 10.6 Å². The van der Waals surface area contributed by atoms with Gasteiger partial charge < -0.3 is 5.32 Å². The molecule has 0 saturated carbocycles. The second-order valence-corrected chi connectivity index (χ2v) is 6.99. The third-order valence-corrected chi connectivity index (χ3v) is 5.18. The van der Waals surface area contributed by atoms with Crippen molar-refractivity contribution >= 4 is 17.2 Å². The van der Waals surface area contributed by atoms with Crippen molar-refractivity contribution in [1.29, 1.82) is 0 Å². The van der Waals surface area contributed by atoms with Crippen LogP contribution in [-0.2, 0) is 6.42 Å². The number of hydrogen-bond acceptors (Lipinski definition) is 3. The summed E-state index contributed by atoms with van der Waals surface area (Å²) in [5, 5.41) is 3.82. The summed E-state index contributed by atoms with van der Waals surface area (Å²) in [5.74, 6) is -0.672. The molecule has 3 rings (SSSR count). The third-order valence-electron chi connectivity index (χ3n) is 3.92. The van der Waals surface area contributed by atoms with Gasteiger partial charge >= 0.3 is 0 Å². The number of carbonyl (C=O) groups excluding carboxylic acids is 1. The van der Waals surface area contributed by atoms with Crippen LogP contribution in [0.5, 0.6) is 0 Å². The summed E-state index contributed by atoms with van der Waals surface area (Å²) >= 11 is 1.65. The Labute approximate surface area is 150 Å². The number of thiazole rings is 1. The number of aryl methyl sites for hydroxylation is 2. The predicted molar refractivity (Wildman–Crippen MR) is 99.5 cm³/mol. The number of nitrogens with one attached hydrogen (secondary N) is 1. The van der Waals surface area contributed by atoms with Crippen molar-refractivity contribution < 1.29 is 9.18 Å². The molecule has 3 aromatic rings. The minimum absolute atomic E-state index is 0.263. The van der Waals surface area contributed by atoms with Gasteiger partial charge in [0.1, 0.15) is 10.8 Å². The maximum Gasteiger partial charge on any atom is 0.251 e. The number of aromatic nitrogens is 1. The summed E-state index contributed by atoms with van der Waals surface area (Å²) in [7, 11) is 0. The molecule has 1 N–H and O–H groups in total. The molecule has 128 valence electrons. The zero-order valence-corrected chi connectivity index (χ0v) is 15.0. The molecule has 25 heavy (non-hydrogen) atoms. The monoisotopic (exact) mass is 354 g/mol. The van der Waals surface area contributed by atoms with Crippen molar-refractivity contribution in [1.82, 2.24) is 10.3 Å². The Morgan fingerprint density at radius 1 is 1.16 bits per heavy atom. The van der Waals surface area contributed by atoms with Crippen LogP contribution in [0.2, 0.25) is 0 Å². The van der Waals surface area contributed by atoms with Crippen LogP contribution < -0.4 is 5.32 Å². The molecule has 0 saturated heterocycles. The lowest BCUT2D eigenvalue weighted by Gasteiger charge is -2.04. The van der Waals surface area contributed by atoms with E-state index in [0.717, 1.165) is 21.1 Å². The van der Waals surface area contributed by atoms with Crippen LogP contribution in [-0.4, -0.2) is 17.4 Å². The van der Waals surface area contributed by atoms with E-state index in [1.807, 2.05) is 6.92 Å². The molecule has 0 aliphatic carbocycles. The molecule has 3 nitrogen and oxygen atoms in total. The van der Waals surface area contributed by atoms with E-state index >= 15 is 0 Å². The topological polar surface area (TPSA) is 42.0 Å². The highest BCUT2D eigenvalue weighted by atomic mass is 32.1. The van der Waals surface area contributed by atoms with Crippen molar-refractivity contribution in [3.63, 3.8) is 0 Å². The Bertz CT molecular complexity index is 887. The first-order valence-corrected chi connectivity index (χ1v) is 8.91. The van der Waals surface area contributed by atoms with Crippen molar-refractivity contribution in [2.45, 2.75) is 20.3 Å². The Balaban J connectivity index is 1.62. The molecule has 0 bridgehead atoms. The van der Waals surface area contributed by atoms with Crippen LogP contribution in [0.3, 0.4) is 0 Å². The van der Waals surface area contributed by atoms with Gasteiger partial charge in [0, 0.05) is 29.0 Å². The largest absolute Gasteiger partial charge is 0.352 e. The van der Waals surface area contributed by atoms with Crippen LogP contribution in [0.1, 0.15) is 26.5 Å². The Morgan fingerprint density at radius 3 is 2.64 bits per heavy atom. The van der Waals surface area contributed by atoms with Crippen LogP contribution >= 0.6 is 11.3 Å². The Kier molecular flexibility index (Phi) is 5.24. The predicted octanol–water partition coefficient (Wildman–Crippen LogP) is 4.54. The number of hydrogen-bond donors (Lipinski definition) is 1. The molecule has 0 aliphatic heterocycles. The SMILES string of the molecule is Cc1ccc(-c2nc(C)c(CCNC(=O)c3cccc(F)c3)s2)cc1. The van der Waals surface area contributed by atoms with Crippen LogP contribution in [0.15, 0.2) is 48.5 Å². The summed E-state index contributed by atoms with van der Waals surface area (Å²) in [5.41, 5.74) is 3.65. The minimum Gasteiger partial charge on any atom is -0.352 e. The highest BCUT2D eigenvalue weighted by Gasteiger charge is 2.11. The van der Waals surface area contributed by atoms with Gasteiger partial charge in [0.05, 0.1) is 5.69 Å². The molecule has 5 heteroatoms. The van der Waals surface area contributed by atoms with Crippen LogP contribution in [0, 0.1) is 19.7 Å². The zero-order chi connectivity index (χ0) is 17.8. The summed E-state index contributed by atoms with van der Waals surface area (Å²) < 4.78 is 13.2. The molecule has 0 radical (unpaired) electrons. The van der Waals surface area contributed by atoms with E-state index in [1.165, 1.54) is 23.8 Å². The van der Waals surface area contributed by atoms with Crippen molar-refractivity contribution in [3.05, 3.63) is 76.0 Å². The molecular formula is C20H19FN2OS. The lowest BCUT2D eigenvalue weighted by molar-refractivity contribution is 0.0953. The van der Waals surface area contributed by atoms with E-state index in [9.17, 15) is 9.18 Å². The second-order valence-electron chi connectivity index (χ2n) is 5.91. The van der Waals surface area contributed by atoms with Gasteiger partial charge in [0.25, 0.3) is 5.91 Å². The number of nitrogens with zero attached hydrogens (tertiary/aromatic N) is 1. The maximum absolute atomic E-state index is 13.2. The van der Waals surface area contributed by atoms with Gasteiger partial charge in [-0.3, -0.25) is 4.79 Å². The van der Waals surface area contributed by atoms with E-state index in [4.69, 9.17) is 0 Å². The molecule has 0 fully saturated rings. The normalized spacial score (nSPS) is 10.7. The van der Waals surface area contributed by atoms with E-state index in [1.54, 1.807) is 17.4 Å². The number of carbonyl (C=O) groups is 1. The van der Waals surface area contributed by atoms with E-state index in [2.05, 4.69) is 41.5 Å². The fourth-order valence-corrected chi connectivity index (χ4v) is 3.57. The molecule has 2 aromatic carbocycles. The molecule has 0 atom stereocenters. The highest BCUT2D eigenvalue weighted by molar-refractivity contribution is 7.15. The smallest absolute Gasteiger partial charge is 0.251 e. The average molecular weight is 354 g/mol. The number of benzene rings is 2. The third kappa shape index (κ3) is 4.31. The Morgan fingerprint density at radius 2 is 1.92 bits per heavy atom. The second kappa shape index (κ2) is 7.57. The first kappa shape index (κ1) is 17.3. The summed E-state index contributed by atoms with van der Waals surface area (Å²) in [6.07, 6.45) is 0.705. The lowest BCUT2D eigenvalue weighted by Crippen LogP contribution is -2.25. The summed E-state index contributed by atoms with van der Waals surface area (Å²) in [4.78, 5) is 17.8. The van der Waals surface area contributed by atoms with Gasteiger partial charge in [-0.15, -0.1) is 11.3 Å². The average Bonchev–Trinajstić information content (AvgIpc) is 2.96. The van der Waals surface area contributed by atoms with E-state index in [0.29, 0.717) is 18.5 Å². The lowest BCUT2D eigenvalue weighted by atomic mass is 10.2. The first-order chi connectivity index (χ1) is 12.0. The molecule has 1 aromatic heterocycles. The first-order valence-electron chi connectivity index (χ1n) is 8.10. The fraction of sp³-hybridized carbons (Fsp3) is 0.200. The number of rotatable bonds is 5. The van der Waals surface area contributed by atoms with Gasteiger partial charge in [-0.05, 0) is 32.0 Å². The van der Waals surface area contributed by atoms with Gasteiger partial charge in [-0.25, -0.2) is 9.37 Å².